The normalized spacial score (nSPS) is 14.8. The zero-order valence-corrected chi connectivity index (χ0v) is 15.6. The van der Waals surface area contributed by atoms with Gasteiger partial charge in [0.25, 0.3) is 5.56 Å². The van der Waals surface area contributed by atoms with Crippen LogP contribution in [-0.2, 0) is 11.3 Å². The Kier molecular flexibility index (Phi) is 4.42. The molecule has 0 spiro atoms. The topological polar surface area (TPSA) is 89.0 Å². The molecule has 0 saturated heterocycles. The van der Waals surface area contributed by atoms with Crippen molar-refractivity contribution < 1.29 is 9.53 Å². The minimum absolute atomic E-state index is 0.176. The number of nitrogens with zero attached hydrogens (tertiary/aromatic N) is 2. The summed E-state index contributed by atoms with van der Waals surface area (Å²) in [6, 6.07) is 0. The Hall–Kier alpha value is -1.83. The SMILES string of the molecule is CC(C)(C)OC(=O)NCCn1c(C2CC2)c(Br)c2nc[nH]c(=O)c21. The third-order valence-electron chi connectivity index (χ3n) is 3.79. The number of fused-ring (bicyclic) bond motifs is 1. The third kappa shape index (κ3) is 3.48. The number of ether oxygens (including phenoxy) is 1. The first-order chi connectivity index (χ1) is 11.3. The molecule has 1 aliphatic rings. The maximum atomic E-state index is 12.2. The van der Waals surface area contributed by atoms with Crippen LogP contribution in [0.2, 0.25) is 0 Å². The molecule has 0 atom stereocenters. The molecule has 0 bridgehead atoms. The smallest absolute Gasteiger partial charge is 0.407 e. The summed E-state index contributed by atoms with van der Waals surface area (Å²) in [6.07, 6.45) is 3.16. The van der Waals surface area contributed by atoms with Crippen LogP contribution in [0.1, 0.15) is 45.2 Å². The second kappa shape index (κ2) is 6.23. The van der Waals surface area contributed by atoms with E-state index in [1.807, 2.05) is 25.3 Å². The number of amides is 1. The lowest BCUT2D eigenvalue weighted by Crippen LogP contribution is -2.34. The summed E-state index contributed by atoms with van der Waals surface area (Å²) in [7, 11) is 0. The minimum atomic E-state index is -0.534. The van der Waals surface area contributed by atoms with Crippen molar-refractivity contribution in [1.29, 1.82) is 0 Å². The van der Waals surface area contributed by atoms with Gasteiger partial charge in [-0.2, -0.15) is 0 Å². The number of aromatic nitrogens is 3. The zero-order chi connectivity index (χ0) is 17.5. The van der Waals surface area contributed by atoms with Crippen LogP contribution in [0.3, 0.4) is 0 Å². The van der Waals surface area contributed by atoms with Crippen LogP contribution in [0.15, 0.2) is 15.6 Å². The van der Waals surface area contributed by atoms with E-state index in [0.29, 0.717) is 30.0 Å². The lowest BCUT2D eigenvalue weighted by atomic mass is 10.2. The van der Waals surface area contributed by atoms with E-state index in [9.17, 15) is 9.59 Å². The van der Waals surface area contributed by atoms with Crippen molar-refractivity contribution in [2.45, 2.75) is 51.7 Å². The molecule has 1 amide bonds. The average Bonchev–Trinajstić information content (AvgIpc) is 3.24. The summed E-state index contributed by atoms with van der Waals surface area (Å²) in [4.78, 5) is 30.9. The molecule has 0 aromatic carbocycles. The van der Waals surface area contributed by atoms with E-state index in [4.69, 9.17) is 4.74 Å². The number of rotatable bonds is 4. The van der Waals surface area contributed by atoms with E-state index in [2.05, 4.69) is 31.2 Å². The first kappa shape index (κ1) is 17.0. The fraction of sp³-hybridized carbons (Fsp3) is 0.562. The van der Waals surface area contributed by atoms with E-state index < -0.39 is 11.7 Å². The molecule has 2 aromatic heterocycles. The maximum Gasteiger partial charge on any atom is 0.407 e. The van der Waals surface area contributed by atoms with Crippen LogP contribution in [-0.4, -0.2) is 32.8 Å². The number of aromatic amines is 1. The first-order valence-electron chi connectivity index (χ1n) is 8.00. The molecule has 24 heavy (non-hydrogen) atoms. The molecule has 0 radical (unpaired) electrons. The highest BCUT2D eigenvalue weighted by atomic mass is 79.9. The van der Waals surface area contributed by atoms with Gasteiger partial charge in [-0.1, -0.05) is 0 Å². The van der Waals surface area contributed by atoms with E-state index >= 15 is 0 Å². The predicted octanol–water partition coefficient (Wildman–Crippen LogP) is 2.89. The zero-order valence-electron chi connectivity index (χ0n) is 14.0. The van der Waals surface area contributed by atoms with Gasteiger partial charge < -0.3 is 19.6 Å². The molecule has 3 rings (SSSR count). The van der Waals surface area contributed by atoms with Crippen LogP contribution in [0, 0.1) is 0 Å². The van der Waals surface area contributed by atoms with E-state index in [1.54, 1.807) is 0 Å². The summed E-state index contributed by atoms with van der Waals surface area (Å²) in [5, 5.41) is 2.74. The minimum Gasteiger partial charge on any atom is -0.444 e. The predicted molar refractivity (Wildman–Crippen MR) is 94.3 cm³/mol. The van der Waals surface area contributed by atoms with Gasteiger partial charge in [0.2, 0.25) is 0 Å². The molecule has 1 fully saturated rings. The molecule has 0 aliphatic heterocycles. The summed E-state index contributed by atoms with van der Waals surface area (Å²) in [5.41, 5.74) is 1.58. The van der Waals surface area contributed by atoms with Crippen LogP contribution in [0.25, 0.3) is 11.0 Å². The number of nitrogens with one attached hydrogen (secondary N) is 2. The Bertz CT molecular complexity index is 830. The van der Waals surface area contributed by atoms with Crippen LogP contribution < -0.4 is 10.9 Å². The molecule has 7 nitrogen and oxygen atoms in total. The average molecular weight is 397 g/mol. The van der Waals surface area contributed by atoms with E-state index in [-0.39, 0.29) is 5.56 Å². The van der Waals surface area contributed by atoms with Crippen molar-refractivity contribution in [2.24, 2.45) is 0 Å². The monoisotopic (exact) mass is 396 g/mol. The highest BCUT2D eigenvalue weighted by Gasteiger charge is 2.32. The first-order valence-corrected chi connectivity index (χ1v) is 8.79. The number of hydrogen-bond acceptors (Lipinski definition) is 4. The van der Waals surface area contributed by atoms with Gasteiger partial charge in [0.1, 0.15) is 16.6 Å². The number of carbonyl (C=O) groups excluding carboxylic acids is 1. The van der Waals surface area contributed by atoms with Crippen molar-refractivity contribution in [1.82, 2.24) is 19.9 Å². The standard InChI is InChI=1S/C16H21BrN4O3/c1-16(2,3)24-15(23)18-6-7-21-12(9-4-5-9)10(17)11-13(21)14(22)20-8-19-11/h8-9H,4-7H2,1-3H3,(H,18,23)(H,19,20,22). The quantitative estimate of drug-likeness (QED) is 0.831. The highest BCUT2D eigenvalue weighted by Crippen LogP contribution is 2.45. The molecule has 2 heterocycles. The molecule has 1 saturated carbocycles. The highest BCUT2D eigenvalue weighted by molar-refractivity contribution is 9.10. The van der Waals surface area contributed by atoms with Gasteiger partial charge in [-0.3, -0.25) is 4.79 Å². The van der Waals surface area contributed by atoms with E-state index in [0.717, 1.165) is 23.0 Å². The lowest BCUT2D eigenvalue weighted by Gasteiger charge is -2.20. The second-order valence-electron chi connectivity index (χ2n) is 6.98. The van der Waals surface area contributed by atoms with Crippen LogP contribution in [0.4, 0.5) is 4.79 Å². The van der Waals surface area contributed by atoms with Crippen LogP contribution in [0.5, 0.6) is 0 Å². The van der Waals surface area contributed by atoms with Gasteiger partial charge in [0.15, 0.2) is 0 Å². The van der Waals surface area contributed by atoms with Gasteiger partial charge in [-0.05, 0) is 49.5 Å². The largest absolute Gasteiger partial charge is 0.444 e. The molecule has 0 unspecified atom stereocenters. The van der Waals surface area contributed by atoms with Gasteiger partial charge in [-0.15, -0.1) is 0 Å². The second-order valence-corrected chi connectivity index (χ2v) is 7.78. The summed E-state index contributed by atoms with van der Waals surface area (Å²) < 4.78 is 8.07. The Morgan fingerprint density at radius 2 is 2.21 bits per heavy atom. The Balaban J connectivity index is 1.83. The number of carbonyl (C=O) groups is 1. The molecule has 8 heteroatoms. The molecular formula is C16H21BrN4O3. The van der Waals surface area contributed by atoms with E-state index in [1.165, 1.54) is 6.33 Å². The van der Waals surface area contributed by atoms with Crippen molar-refractivity contribution in [3.8, 4) is 0 Å². The third-order valence-corrected chi connectivity index (χ3v) is 4.57. The Morgan fingerprint density at radius 1 is 1.50 bits per heavy atom. The van der Waals surface area contributed by atoms with Gasteiger partial charge in [0, 0.05) is 24.7 Å². The Morgan fingerprint density at radius 3 is 2.83 bits per heavy atom. The Labute approximate surface area is 147 Å². The lowest BCUT2D eigenvalue weighted by molar-refractivity contribution is 0.0526. The summed E-state index contributed by atoms with van der Waals surface area (Å²) in [5.74, 6) is 0.439. The van der Waals surface area contributed by atoms with Crippen molar-refractivity contribution in [3.05, 3.63) is 26.8 Å². The molecule has 2 N–H and O–H groups in total. The molecule has 1 aliphatic carbocycles. The van der Waals surface area contributed by atoms with Crippen molar-refractivity contribution in [3.63, 3.8) is 0 Å². The van der Waals surface area contributed by atoms with Crippen molar-refractivity contribution >= 4 is 33.1 Å². The molecular weight excluding hydrogens is 376 g/mol. The number of H-pyrrole nitrogens is 1. The maximum absolute atomic E-state index is 12.2. The molecule has 130 valence electrons. The summed E-state index contributed by atoms with van der Waals surface area (Å²) in [6.45, 7) is 6.32. The van der Waals surface area contributed by atoms with Gasteiger partial charge in [0.05, 0.1) is 10.8 Å². The van der Waals surface area contributed by atoms with Gasteiger partial charge >= 0.3 is 6.09 Å². The fourth-order valence-electron chi connectivity index (χ4n) is 2.74. The number of hydrogen-bond donors (Lipinski definition) is 2. The molecule has 2 aromatic rings. The van der Waals surface area contributed by atoms with Crippen LogP contribution >= 0.6 is 15.9 Å². The summed E-state index contributed by atoms with van der Waals surface area (Å²) >= 11 is 3.59. The number of halogens is 1. The number of alkyl carbamates (subject to hydrolysis) is 1. The van der Waals surface area contributed by atoms with Gasteiger partial charge in [-0.25, -0.2) is 9.78 Å². The fourth-order valence-corrected chi connectivity index (χ4v) is 3.56. The van der Waals surface area contributed by atoms with Crippen molar-refractivity contribution in [2.75, 3.05) is 6.54 Å².